The third-order valence-electron chi connectivity index (χ3n) is 5.21. The van der Waals surface area contributed by atoms with Crippen LogP contribution in [0.4, 0.5) is 11.4 Å². The van der Waals surface area contributed by atoms with Gasteiger partial charge in [0, 0.05) is 36.3 Å². The molecule has 9 nitrogen and oxygen atoms in total. The molecule has 142 valence electrons. The Morgan fingerprint density at radius 1 is 1.21 bits per heavy atom. The Labute approximate surface area is 159 Å². The lowest BCUT2D eigenvalue weighted by Crippen LogP contribution is -2.38. The smallest absolute Gasteiger partial charge is 0.270 e. The summed E-state index contributed by atoms with van der Waals surface area (Å²) in [4.78, 5) is 20.7. The number of aliphatic hydroxyl groups excluding tert-OH is 1. The summed E-state index contributed by atoms with van der Waals surface area (Å²) in [5.74, 6) is 0.553. The minimum absolute atomic E-state index is 0.0113. The fraction of sp³-hybridized carbons (Fsp3) is 0.263. The quantitative estimate of drug-likeness (QED) is 0.372. The minimum atomic E-state index is -0.422. The zero-order chi connectivity index (χ0) is 19.3. The van der Waals surface area contributed by atoms with Crippen LogP contribution in [0.25, 0.3) is 33.5 Å². The molecule has 28 heavy (non-hydrogen) atoms. The Bertz CT molecular complexity index is 1200. The van der Waals surface area contributed by atoms with E-state index in [-0.39, 0.29) is 11.8 Å². The zero-order valence-electron chi connectivity index (χ0n) is 14.9. The Morgan fingerprint density at radius 3 is 2.93 bits per heavy atom. The van der Waals surface area contributed by atoms with Crippen LogP contribution in [0.3, 0.4) is 0 Å². The molecule has 9 heteroatoms. The van der Waals surface area contributed by atoms with Gasteiger partial charge in [-0.3, -0.25) is 15.2 Å². The average molecular weight is 378 g/mol. The number of nitro benzene ring substituents is 1. The first-order valence-corrected chi connectivity index (χ1v) is 9.14. The maximum atomic E-state index is 11.1. The lowest BCUT2D eigenvalue weighted by Gasteiger charge is -2.31. The summed E-state index contributed by atoms with van der Waals surface area (Å²) in [7, 11) is 0. The first-order chi connectivity index (χ1) is 13.6. The van der Waals surface area contributed by atoms with Crippen LogP contribution in [0, 0.1) is 10.1 Å². The van der Waals surface area contributed by atoms with Gasteiger partial charge < -0.3 is 15.0 Å². The first kappa shape index (κ1) is 16.7. The van der Waals surface area contributed by atoms with Gasteiger partial charge in [0.1, 0.15) is 5.69 Å². The molecule has 0 amide bonds. The number of aliphatic hydroxyl groups is 1. The van der Waals surface area contributed by atoms with Crippen LogP contribution in [0.5, 0.6) is 0 Å². The molecule has 3 N–H and O–H groups in total. The van der Waals surface area contributed by atoms with Gasteiger partial charge in [-0.2, -0.15) is 5.10 Å². The van der Waals surface area contributed by atoms with Crippen molar-refractivity contribution in [1.29, 1.82) is 0 Å². The van der Waals surface area contributed by atoms with Gasteiger partial charge in [0.25, 0.3) is 5.69 Å². The van der Waals surface area contributed by atoms with E-state index in [9.17, 15) is 15.2 Å². The number of nitrogens with one attached hydrogen (secondary N) is 2. The number of rotatable bonds is 3. The van der Waals surface area contributed by atoms with E-state index in [1.807, 2.05) is 18.2 Å². The van der Waals surface area contributed by atoms with E-state index in [2.05, 4.69) is 25.1 Å². The highest BCUT2D eigenvalue weighted by atomic mass is 16.6. The first-order valence-electron chi connectivity index (χ1n) is 9.14. The van der Waals surface area contributed by atoms with Crippen molar-refractivity contribution in [2.24, 2.45) is 0 Å². The molecule has 3 heterocycles. The van der Waals surface area contributed by atoms with Crippen molar-refractivity contribution < 1.29 is 10.0 Å². The second-order valence-corrected chi connectivity index (χ2v) is 7.09. The average Bonchev–Trinajstić information content (AvgIpc) is 3.30. The fourth-order valence-electron chi connectivity index (χ4n) is 3.79. The minimum Gasteiger partial charge on any atom is -0.391 e. The molecule has 0 radical (unpaired) electrons. The highest BCUT2D eigenvalue weighted by Crippen LogP contribution is 2.30. The lowest BCUT2D eigenvalue weighted by molar-refractivity contribution is -0.384. The lowest BCUT2D eigenvalue weighted by atomic mass is 10.1. The Balaban J connectivity index is 1.56. The Kier molecular flexibility index (Phi) is 3.76. The molecule has 1 fully saturated rings. The van der Waals surface area contributed by atoms with E-state index >= 15 is 0 Å². The van der Waals surface area contributed by atoms with Crippen LogP contribution in [0.1, 0.15) is 12.8 Å². The number of aromatic nitrogens is 4. The largest absolute Gasteiger partial charge is 0.391 e. The van der Waals surface area contributed by atoms with Gasteiger partial charge >= 0.3 is 0 Å². The van der Waals surface area contributed by atoms with Crippen LogP contribution < -0.4 is 4.90 Å². The van der Waals surface area contributed by atoms with Gasteiger partial charge in [-0.15, -0.1) is 0 Å². The molecule has 1 aliphatic heterocycles. The van der Waals surface area contributed by atoms with E-state index in [0.29, 0.717) is 29.0 Å². The summed E-state index contributed by atoms with van der Waals surface area (Å²) >= 11 is 0. The molecule has 5 rings (SSSR count). The van der Waals surface area contributed by atoms with Crippen molar-refractivity contribution >= 4 is 33.3 Å². The number of nitrogens with zero attached hydrogens (tertiary/aromatic N) is 4. The third-order valence-corrected chi connectivity index (χ3v) is 5.21. The van der Waals surface area contributed by atoms with Gasteiger partial charge in [0.15, 0.2) is 5.82 Å². The van der Waals surface area contributed by atoms with Crippen molar-refractivity contribution in [2.75, 3.05) is 18.0 Å². The molecular weight excluding hydrogens is 360 g/mol. The molecule has 0 spiro atoms. The van der Waals surface area contributed by atoms with Crippen LogP contribution >= 0.6 is 0 Å². The number of benzene rings is 2. The summed E-state index contributed by atoms with van der Waals surface area (Å²) < 4.78 is 0. The molecule has 1 saturated heterocycles. The maximum Gasteiger partial charge on any atom is 0.270 e. The topological polar surface area (TPSA) is 124 Å². The number of imidazole rings is 1. The van der Waals surface area contributed by atoms with Gasteiger partial charge in [0.2, 0.25) is 0 Å². The number of nitro groups is 1. The van der Waals surface area contributed by atoms with Crippen molar-refractivity contribution in [3.8, 4) is 11.5 Å². The summed E-state index contributed by atoms with van der Waals surface area (Å²) in [6.45, 7) is 1.54. The predicted octanol–water partition coefficient (Wildman–Crippen LogP) is 2.98. The molecule has 1 aliphatic rings. The van der Waals surface area contributed by atoms with Crippen molar-refractivity contribution in [2.45, 2.75) is 18.9 Å². The Hall–Kier alpha value is -3.46. The van der Waals surface area contributed by atoms with Gasteiger partial charge in [0.05, 0.1) is 27.6 Å². The van der Waals surface area contributed by atoms with Crippen LogP contribution in [0.2, 0.25) is 0 Å². The molecule has 2 aromatic carbocycles. The molecular formula is C19H18N6O3. The van der Waals surface area contributed by atoms with Crippen LogP contribution in [-0.2, 0) is 0 Å². The monoisotopic (exact) mass is 378 g/mol. The van der Waals surface area contributed by atoms with E-state index in [4.69, 9.17) is 0 Å². The van der Waals surface area contributed by atoms with Crippen molar-refractivity contribution in [1.82, 2.24) is 20.2 Å². The number of anilines is 1. The number of β-amino-alcohol motifs (C(OH)–C–C–N with tert-alkyl or cyclic N) is 1. The maximum absolute atomic E-state index is 11.1. The van der Waals surface area contributed by atoms with Crippen molar-refractivity contribution in [3.05, 3.63) is 46.5 Å². The van der Waals surface area contributed by atoms with Gasteiger partial charge in [-0.1, -0.05) is 0 Å². The molecule has 1 atom stereocenters. The summed E-state index contributed by atoms with van der Waals surface area (Å²) in [5, 5.41) is 28.9. The third kappa shape index (κ3) is 2.76. The normalized spacial score (nSPS) is 17.5. The fourth-order valence-corrected chi connectivity index (χ4v) is 3.79. The molecule has 2 aromatic heterocycles. The van der Waals surface area contributed by atoms with E-state index in [1.165, 1.54) is 12.1 Å². The summed E-state index contributed by atoms with van der Waals surface area (Å²) in [5.41, 5.74) is 3.95. The number of piperidine rings is 1. The van der Waals surface area contributed by atoms with E-state index in [0.717, 1.165) is 36.1 Å². The summed E-state index contributed by atoms with van der Waals surface area (Å²) in [6, 6.07) is 10.5. The second-order valence-electron chi connectivity index (χ2n) is 7.09. The second kappa shape index (κ2) is 6.31. The molecule has 0 aliphatic carbocycles. The van der Waals surface area contributed by atoms with Crippen LogP contribution in [0.15, 0.2) is 36.4 Å². The number of H-pyrrole nitrogens is 2. The zero-order valence-corrected chi connectivity index (χ0v) is 14.9. The summed E-state index contributed by atoms with van der Waals surface area (Å²) in [6.07, 6.45) is 1.50. The van der Waals surface area contributed by atoms with E-state index in [1.54, 1.807) is 6.07 Å². The van der Waals surface area contributed by atoms with Gasteiger partial charge in [-0.05, 0) is 37.1 Å². The molecule has 0 bridgehead atoms. The molecule has 1 unspecified atom stereocenters. The SMILES string of the molecule is O=[N+]([O-])c1ccc2[nH]nc(-c3nc4ccc(N5CCCC(O)C5)cc4[nH]3)c2c1. The number of non-ortho nitro benzene ring substituents is 1. The van der Waals surface area contributed by atoms with Crippen molar-refractivity contribution in [3.63, 3.8) is 0 Å². The number of fused-ring (bicyclic) bond motifs is 2. The molecule has 0 saturated carbocycles. The number of aromatic amines is 2. The standard InChI is InChI=1S/C19H18N6O3/c26-13-2-1-7-24(10-13)11-3-6-16-17(9-11)21-19(20-16)18-14-8-12(25(27)28)4-5-15(14)22-23-18/h3-6,8-9,13,26H,1-2,7,10H2,(H,20,21)(H,22,23). The molecule has 4 aromatic rings. The highest BCUT2D eigenvalue weighted by Gasteiger charge is 2.19. The number of hydrogen-bond acceptors (Lipinski definition) is 6. The van der Waals surface area contributed by atoms with Crippen LogP contribution in [-0.4, -0.2) is 49.4 Å². The van der Waals surface area contributed by atoms with Gasteiger partial charge in [-0.25, -0.2) is 4.98 Å². The highest BCUT2D eigenvalue weighted by molar-refractivity contribution is 5.94. The number of hydrogen-bond donors (Lipinski definition) is 3. The predicted molar refractivity (Wildman–Crippen MR) is 105 cm³/mol. The van der Waals surface area contributed by atoms with E-state index < -0.39 is 4.92 Å². The Morgan fingerprint density at radius 2 is 2.11 bits per heavy atom.